The Balaban J connectivity index is 1.24. The third-order valence-electron chi connectivity index (χ3n) is 12.9. The minimum atomic E-state index is -0.337. The Morgan fingerprint density at radius 1 is 0.492 bits per heavy atom. The van der Waals surface area contributed by atoms with E-state index in [1.807, 2.05) is 6.07 Å². The van der Waals surface area contributed by atoms with Gasteiger partial charge in [0, 0.05) is 54.8 Å². The van der Waals surface area contributed by atoms with Gasteiger partial charge in [0.2, 0.25) is 0 Å². The minimum absolute atomic E-state index is 0.00642. The van der Waals surface area contributed by atoms with E-state index in [0.29, 0.717) is 0 Å². The number of anilines is 3. The molecular weight excluding hydrogens is 721 g/mol. The van der Waals surface area contributed by atoms with Crippen LogP contribution in [-0.4, -0.2) is 4.57 Å². The van der Waals surface area contributed by atoms with Gasteiger partial charge in [-0.05, 0) is 88.8 Å². The summed E-state index contributed by atoms with van der Waals surface area (Å²) in [6.45, 7) is 11.6. The van der Waals surface area contributed by atoms with Gasteiger partial charge in [-0.25, -0.2) is 0 Å². The fraction of sp³-hybridized carbons (Fsp3) is 0.127. The molecule has 0 saturated heterocycles. The number of nitrogens with zero attached hydrogens (tertiary/aromatic N) is 2. The Bertz CT molecular complexity index is 3500. The van der Waals surface area contributed by atoms with Gasteiger partial charge in [0.25, 0.3) is 0 Å². The van der Waals surface area contributed by atoms with Gasteiger partial charge in [-0.2, -0.15) is 0 Å². The molecular formula is C55H42N2O2. The molecule has 12 rings (SSSR count). The fourth-order valence-electron chi connectivity index (χ4n) is 10.1. The Morgan fingerprint density at radius 2 is 1.14 bits per heavy atom. The molecule has 0 N–H and O–H groups in total. The van der Waals surface area contributed by atoms with Crippen molar-refractivity contribution in [1.29, 1.82) is 0 Å². The van der Waals surface area contributed by atoms with Crippen LogP contribution in [0.25, 0.3) is 82.5 Å². The van der Waals surface area contributed by atoms with Crippen LogP contribution in [-0.2, 0) is 10.8 Å². The van der Waals surface area contributed by atoms with Crippen molar-refractivity contribution in [3.63, 3.8) is 0 Å². The van der Waals surface area contributed by atoms with E-state index in [9.17, 15) is 0 Å². The second-order valence-corrected chi connectivity index (χ2v) is 17.7. The van der Waals surface area contributed by atoms with Crippen molar-refractivity contribution >= 4 is 82.7 Å². The van der Waals surface area contributed by atoms with Crippen molar-refractivity contribution in [2.24, 2.45) is 0 Å². The highest BCUT2D eigenvalue weighted by molar-refractivity contribution is 6.25. The maximum Gasteiger partial charge on any atom is 0.145 e. The molecule has 0 aliphatic heterocycles. The van der Waals surface area contributed by atoms with Crippen LogP contribution in [0.2, 0.25) is 0 Å². The zero-order valence-corrected chi connectivity index (χ0v) is 33.8. The number of para-hydroxylation sites is 4. The maximum absolute atomic E-state index is 7.17. The zero-order valence-electron chi connectivity index (χ0n) is 33.8. The molecule has 1 aliphatic rings. The third-order valence-corrected chi connectivity index (χ3v) is 12.9. The molecule has 1 aliphatic carbocycles. The molecule has 0 spiro atoms. The van der Waals surface area contributed by atoms with Crippen LogP contribution < -0.4 is 4.90 Å². The molecule has 3 aromatic heterocycles. The topological polar surface area (TPSA) is 34.5 Å². The van der Waals surface area contributed by atoms with E-state index in [1.54, 1.807) is 0 Å². The molecule has 8 aromatic carbocycles. The molecule has 0 fully saturated rings. The molecule has 11 aromatic rings. The van der Waals surface area contributed by atoms with Gasteiger partial charge in [0.1, 0.15) is 22.3 Å². The van der Waals surface area contributed by atoms with Crippen LogP contribution in [0.15, 0.2) is 173 Å². The molecule has 4 heteroatoms. The van der Waals surface area contributed by atoms with Crippen molar-refractivity contribution in [2.45, 2.75) is 45.4 Å². The molecule has 0 atom stereocenters. The SMILES string of the molecule is CC(C)(C)c1ccc(N(c2cc3c(c4oc5ccccc5c24)-c2c(ccc4oc5ccccc5c24)C3(C)C)c2cccc3c2c2ccccc2n3-c2ccccc2)cc1. The van der Waals surface area contributed by atoms with E-state index in [4.69, 9.17) is 8.83 Å². The predicted octanol–water partition coefficient (Wildman–Crippen LogP) is 15.7. The summed E-state index contributed by atoms with van der Waals surface area (Å²) in [5, 5.41) is 6.85. The van der Waals surface area contributed by atoms with Crippen LogP contribution in [0.1, 0.15) is 51.3 Å². The highest BCUT2D eigenvalue weighted by Crippen LogP contribution is 2.59. The first-order chi connectivity index (χ1) is 28.7. The van der Waals surface area contributed by atoms with E-state index in [-0.39, 0.29) is 10.8 Å². The number of hydrogen-bond donors (Lipinski definition) is 0. The fourth-order valence-corrected chi connectivity index (χ4v) is 10.1. The van der Waals surface area contributed by atoms with Crippen molar-refractivity contribution < 1.29 is 8.83 Å². The van der Waals surface area contributed by atoms with E-state index >= 15 is 0 Å². The first-order valence-corrected chi connectivity index (χ1v) is 20.6. The average molecular weight is 763 g/mol. The lowest BCUT2D eigenvalue weighted by atomic mass is 9.81. The first-order valence-electron chi connectivity index (χ1n) is 20.6. The summed E-state index contributed by atoms with van der Waals surface area (Å²) < 4.78 is 16.1. The molecule has 0 unspecified atom stereocenters. The van der Waals surface area contributed by atoms with E-state index in [2.05, 4.69) is 202 Å². The van der Waals surface area contributed by atoms with Crippen molar-refractivity contribution in [2.75, 3.05) is 4.90 Å². The summed E-state index contributed by atoms with van der Waals surface area (Å²) in [5.41, 5.74) is 16.1. The van der Waals surface area contributed by atoms with Crippen molar-refractivity contribution in [3.05, 3.63) is 180 Å². The minimum Gasteiger partial charge on any atom is -0.456 e. The van der Waals surface area contributed by atoms with E-state index < -0.39 is 0 Å². The van der Waals surface area contributed by atoms with Gasteiger partial charge >= 0.3 is 0 Å². The standard InChI is InChI=1S/C55H42N2O2/c1-54(2,3)33-26-28-35(29-27-33)57(43-23-15-22-42-48(43)36-18-9-12-21-41(36)56(42)34-16-7-6-8-17-34)44-32-40-52(53-49(44)37-19-10-14-25-46(37)59-53)51-39(55(40,4)5)30-31-47-50(51)38-20-11-13-24-45(38)58-47/h6-32H,1-5H3. The summed E-state index contributed by atoms with van der Waals surface area (Å²) in [5.74, 6) is 0. The first kappa shape index (κ1) is 34.0. The smallest absolute Gasteiger partial charge is 0.145 e. The molecule has 0 radical (unpaired) electrons. The molecule has 59 heavy (non-hydrogen) atoms. The van der Waals surface area contributed by atoms with Gasteiger partial charge in [-0.1, -0.05) is 132 Å². The lowest BCUT2D eigenvalue weighted by Gasteiger charge is -2.30. The number of furan rings is 2. The Hall–Kier alpha value is -7.04. The van der Waals surface area contributed by atoms with Gasteiger partial charge in [-0.15, -0.1) is 0 Å². The Labute approximate surface area is 342 Å². The van der Waals surface area contributed by atoms with Crippen LogP contribution >= 0.6 is 0 Å². The summed E-state index contributed by atoms with van der Waals surface area (Å²) in [6, 6.07) is 59.4. The predicted molar refractivity (Wildman–Crippen MR) is 246 cm³/mol. The van der Waals surface area contributed by atoms with Crippen LogP contribution in [0.4, 0.5) is 17.1 Å². The Morgan fingerprint density at radius 3 is 1.88 bits per heavy atom. The van der Waals surface area contributed by atoms with E-state index in [1.165, 1.54) is 38.5 Å². The van der Waals surface area contributed by atoms with E-state index in [0.717, 1.165) is 77.7 Å². The third kappa shape index (κ3) is 4.71. The lowest BCUT2D eigenvalue weighted by molar-refractivity contribution is 0.590. The number of rotatable bonds is 4. The van der Waals surface area contributed by atoms with Crippen molar-refractivity contribution in [3.8, 4) is 16.8 Å². The maximum atomic E-state index is 7.17. The summed E-state index contributed by atoms with van der Waals surface area (Å²) >= 11 is 0. The summed E-state index contributed by atoms with van der Waals surface area (Å²) in [6.07, 6.45) is 0. The molecule has 0 amide bonds. The Kier molecular flexibility index (Phi) is 6.92. The number of aromatic nitrogens is 1. The van der Waals surface area contributed by atoms with Crippen LogP contribution in [0.3, 0.4) is 0 Å². The molecule has 3 heterocycles. The molecule has 0 bridgehead atoms. The van der Waals surface area contributed by atoms with Crippen LogP contribution in [0.5, 0.6) is 0 Å². The van der Waals surface area contributed by atoms with Crippen LogP contribution in [0, 0.1) is 0 Å². The number of fused-ring (bicyclic) bond motifs is 14. The molecule has 4 nitrogen and oxygen atoms in total. The van der Waals surface area contributed by atoms with Gasteiger partial charge < -0.3 is 18.3 Å². The largest absolute Gasteiger partial charge is 0.456 e. The average Bonchev–Trinajstić information content (AvgIpc) is 3.98. The second-order valence-electron chi connectivity index (χ2n) is 17.7. The summed E-state index contributed by atoms with van der Waals surface area (Å²) in [7, 11) is 0. The molecule has 0 saturated carbocycles. The monoisotopic (exact) mass is 762 g/mol. The number of hydrogen-bond acceptors (Lipinski definition) is 3. The van der Waals surface area contributed by atoms with Gasteiger partial charge in [-0.3, -0.25) is 0 Å². The van der Waals surface area contributed by atoms with Crippen molar-refractivity contribution in [1.82, 2.24) is 4.57 Å². The normalized spacial score (nSPS) is 13.6. The second kappa shape index (κ2) is 12.0. The number of benzene rings is 8. The highest BCUT2D eigenvalue weighted by atomic mass is 16.3. The highest BCUT2D eigenvalue weighted by Gasteiger charge is 2.41. The van der Waals surface area contributed by atoms with Gasteiger partial charge in [0.15, 0.2) is 0 Å². The summed E-state index contributed by atoms with van der Waals surface area (Å²) in [4.78, 5) is 2.50. The quantitative estimate of drug-likeness (QED) is 0.179. The molecule has 284 valence electrons. The van der Waals surface area contributed by atoms with Gasteiger partial charge in [0.05, 0.1) is 27.8 Å². The lowest BCUT2D eigenvalue weighted by Crippen LogP contribution is -2.17. The zero-order chi connectivity index (χ0) is 39.8.